The maximum Gasteiger partial charge on any atom is 0.351 e. The SMILES string of the molecule is COc1cc(OCCN2CCN(C)CC2)ccc1Nc1nc(Nc2cccc(F)c2C(N)=O)c2cc[nH]c2[nH+]1. The Balaban J connectivity index is 1.33. The first-order valence-electron chi connectivity index (χ1n) is 12.7. The molecule has 0 spiro atoms. The number of likely N-dealkylation sites (N-methyl/N-ethyl adjacent to an activating group) is 1. The second-order valence-corrected chi connectivity index (χ2v) is 9.33. The highest BCUT2D eigenvalue weighted by molar-refractivity contribution is 6.00. The van der Waals surface area contributed by atoms with Crippen molar-refractivity contribution in [3.8, 4) is 11.5 Å². The Bertz CT molecular complexity index is 1470. The summed E-state index contributed by atoms with van der Waals surface area (Å²) in [6.07, 6.45) is 1.74. The van der Waals surface area contributed by atoms with E-state index in [9.17, 15) is 9.18 Å². The average Bonchev–Trinajstić information content (AvgIpc) is 3.39. The van der Waals surface area contributed by atoms with Gasteiger partial charge in [-0.1, -0.05) is 11.1 Å². The van der Waals surface area contributed by atoms with Crippen LogP contribution in [0.3, 0.4) is 0 Å². The third-order valence-electron chi connectivity index (χ3n) is 6.68. The fraction of sp³-hybridized carbons (Fsp3) is 0.296. The molecule has 1 aliphatic heterocycles. The summed E-state index contributed by atoms with van der Waals surface area (Å²) in [4.78, 5) is 27.5. The number of carbonyl (C=O) groups is 1. The minimum absolute atomic E-state index is 0.213. The van der Waals surface area contributed by atoms with Crippen molar-refractivity contribution in [3.63, 3.8) is 0 Å². The largest absolute Gasteiger partial charge is 0.493 e. The maximum absolute atomic E-state index is 14.3. The van der Waals surface area contributed by atoms with E-state index in [0.29, 0.717) is 46.6 Å². The van der Waals surface area contributed by atoms with Gasteiger partial charge >= 0.3 is 5.95 Å². The number of aromatic nitrogens is 3. The minimum atomic E-state index is -0.877. The van der Waals surface area contributed by atoms with Gasteiger partial charge in [0.15, 0.2) is 5.75 Å². The van der Waals surface area contributed by atoms with E-state index in [0.717, 1.165) is 32.7 Å². The number of H-pyrrole nitrogens is 2. The lowest BCUT2D eigenvalue weighted by Crippen LogP contribution is -2.45. The average molecular weight is 536 g/mol. The van der Waals surface area contributed by atoms with Crippen molar-refractivity contribution >= 4 is 40.1 Å². The molecule has 0 atom stereocenters. The number of nitrogens with two attached hydrogens (primary N) is 1. The number of rotatable bonds is 10. The quantitative estimate of drug-likeness (QED) is 0.244. The summed E-state index contributed by atoms with van der Waals surface area (Å²) in [6, 6.07) is 11.6. The van der Waals surface area contributed by atoms with Crippen LogP contribution in [0.25, 0.3) is 11.0 Å². The number of fused-ring (bicyclic) bond motifs is 1. The van der Waals surface area contributed by atoms with Gasteiger partial charge in [0, 0.05) is 45.0 Å². The van der Waals surface area contributed by atoms with Crippen LogP contribution in [0.5, 0.6) is 11.5 Å². The first kappa shape index (κ1) is 26.2. The fourth-order valence-electron chi connectivity index (χ4n) is 4.51. The van der Waals surface area contributed by atoms with E-state index in [-0.39, 0.29) is 11.3 Å². The van der Waals surface area contributed by atoms with Crippen molar-refractivity contribution in [1.29, 1.82) is 0 Å². The van der Waals surface area contributed by atoms with Crippen LogP contribution in [0.4, 0.5) is 27.5 Å². The molecule has 39 heavy (non-hydrogen) atoms. The van der Waals surface area contributed by atoms with Gasteiger partial charge < -0.3 is 25.4 Å². The van der Waals surface area contributed by atoms with Crippen molar-refractivity contribution < 1.29 is 23.6 Å². The number of nitrogens with one attached hydrogen (secondary N) is 4. The molecule has 11 nitrogen and oxygen atoms in total. The number of ether oxygens (including phenoxy) is 2. The topological polar surface area (TPSA) is 135 Å². The lowest BCUT2D eigenvalue weighted by Gasteiger charge is -2.32. The molecular formula is C27H32FN8O3+. The molecule has 3 heterocycles. The van der Waals surface area contributed by atoms with Crippen molar-refractivity contribution in [1.82, 2.24) is 19.8 Å². The molecule has 5 rings (SSSR count). The predicted octanol–water partition coefficient (Wildman–Crippen LogP) is 2.74. The molecule has 1 saturated heterocycles. The number of carbonyl (C=O) groups excluding carboxylic acids is 1. The summed E-state index contributed by atoms with van der Waals surface area (Å²) in [5.74, 6) is 0.460. The van der Waals surface area contributed by atoms with Crippen LogP contribution in [0.1, 0.15) is 10.4 Å². The van der Waals surface area contributed by atoms with Crippen molar-refractivity contribution in [2.24, 2.45) is 5.73 Å². The molecule has 0 aliphatic carbocycles. The van der Waals surface area contributed by atoms with Crippen molar-refractivity contribution in [2.45, 2.75) is 0 Å². The van der Waals surface area contributed by atoms with Gasteiger partial charge in [-0.05, 0) is 37.4 Å². The number of primary amides is 1. The number of piperazine rings is 1. The number of halogens is 1. The molecule has 0 bridgehead atoms. The first-order chi connectivity index (χ1) is 18.9. The molecule has 1 aliphatic rings. The molecule has 0 radical (unpaired) electrons. The van der Waals surface area contributed by atoms with Gasteiger partial charge in [0.1, 0.15) is 23.9 Å². The fourth-order valence-corrected chi connectivity index (χ4v) is 4.51. The smallest absolute Gasteiger partial charge is 0.351 e. The van der Waals surface area contributed by atoms with Gasteiger partial charge in [0.25, 0.3) is 5.91 Å². The monoisotopic (exact) mass is 535 g/mol. The lowest BCUT2D eigenvalue weighted by atomic mass is 10.1. The summed E-state index contributed by atoms with van der Waals surface area (Å²) in [6.45, 7) is 5.67. The summed E-state index contributed by atoms with van der Waals surface area (Å²) in [5.41, 5.74) is 6.71. The van der Waals surface area contributed by atoms with Crippen LogP contribution in [0, 0.1) is 5.82 Å². The minimum Gasteiger partial charge on any atom is -0.493 e. The van der Waals surface area contributed by atoms with Crippen LogP contribution in [0.2, 0.25) is 0 Å². The van der Waals surface area contributed by atoms with Crippen molar-refractivity contribution in [2.75, 3.05) is 64.1 Å². The molecule has 6 N–H and O–H groups in total. The van der Waals surface area contributed by atoms with Crippen LogP contribution < -0.4 is 30.8 Å². The van der Waals surface area contributed by atoms with E-state index >= 15 is 0 Å². The number of hydrogen-bond acceptors (Lipinski definition) is 8. The summed E-state index contributed by atoms with van der Waals surface area (Å²) >= 11 is 0. The molecule has 204 valence electrons. The van der Waals surface area contributed by atoms with Crippen LogP contribution in [0.15, 0.2) is 48.7 Å². The normalized spacial score (nSPS) is 14.3. The third-order valence-corrected chi connectivity index (χ3v) is 6.68. The molecule has 0 unspecified atom stereocenters. The van der Waals surface area contributed by atoms with Crippen molar-refractivity contribution in [3.05, 3.63) is 60.0 Å². The predicted molar refractivity (Wildman–Crippen MR) is 147 cm³/mol. The number of anilines is 4. The van der Waals surface area contributed by atoms with E-state index < -0.39 is 11.7 Å². The van der Waals surface area contributed by atoms with Crippen LogP contribution in [-0.2, 0) is 0 Å². The summed E-state index contributed by atoms with van der Waals surface area (Å²) in [5, 5.41) is 6.99. The number of nitrogens with zero attached hydrogens (tertiary/aromatic N) is 3. The van der Waals surface area contributed by atoms with Gasteiger partial charge in [0.2, 0.25) is 11.5 Å². The Morgan fingerprint density at radius 2 is 1.97 bits per heavy atom. The number of benzene rings is 2. The maximum atomic E-state index is 14.3. The highest BCUT2D eigenvalue weighted by Crippen LogP contribution is 2.32. The van der Waals surface area contributed by atoms with E-state index in [4.69, 9.17) is 15.2 Å². The Morgan fingerprint density at radius 3 is 2.74 bits per heavy atom. The number of hydrogen-bond donors (Lipinski definition) is 4. The molecule has 0 saturated carbocycles. The molecule has 2 aromatic heterocycles. The second kappa shape index (κ2) is 11.5. The van der Waals surface area contributed by atoms with E-state index in [1.54, 1.807) is 19.4 Å². The van der Waals surface area contributed by atoms with Crippen LogP contribution >= 0.6 is 0 Å². The number of methoxy groups -OCH3 is 1. The van der Waals surface area contributed by atoms with E-state index in [1.807, 2.05) is 24.3 Å². The number of amides is 1. The van der Waals surface area contributed by atoms with Gasteiger partial charge in [-0.2, -0.15) is 0 Å². The summed E-state index contributed by atoms with van der Waals surface area (Å²) in [7, 11) is 3.72. The van der Waals surface area contributed by atoms with Gasteiger partial charge in [-0.3, -0.25) is 20.0 Å². The first-order valence-corrected chi connectivity index (χ1v) is 12.7. The zero-order valence-corrected chi connectivity index (χ0v) is 21.9. The van der Waals surface area contributed by atoms with Gasteiger partial charge in [0.05, 0.1) is 23.7 Å². The third kappa shape index (κ3) is 6.02. The molecular weight excluding hydrogens is 503 g/mol. The number of aromatic amines is 2. The Hall–Kier alpha value is -4.42. The molecule has 1 fully saturated rings. The zero-order valence-electron chi connectivity index (χ0n) is 21.9. The van der Waals surface area contributed by atoms with E-state index in [1.165, 1.54) is 12.1 Å². The molecule has 4 aromatic rings. The van der Waals surface area contributed by atoms with E-state index in [2.05, 4.69) is 42.4 Å². The molecule has 12 heteroatoms. The standard InChI is InChI=1S/C27H31FN8O3/c1-35-10-12-36(13-11-35)14-15-39-17-6-7-20(22(16-17)38-2)32-27-33-25-18(8-9-30-25)26(34-27)31-21-5-3-4-19(28)23(21)24(29)37/h3-9,16H,10-15H2,1-2H3,(H2,29,37)(H3,30,31,32,33,34)/p+1. The summed E-state index contributed by atoms with van der Waals surface area (Å²) < 4.78 is 25.9. The molecule has 2 aromatic carbocycles. The Labute approximate surface area is 225 Å². The van der Waals surface area contributed by atoms with Crippen LogP contribution in [-0.4, -0.2) is 79.2 Å². The zero-order chi connectivity index (χ0) is 27.4. The highest BCUT2D eigenvalue weighted by atomic mass is 19.1. The molecule has 1 amide bonds. The highest BCUT2D eigenvalue weighted by Gasteiger charge is 2.20. The lowest BCUT2D eigenvalue weighted by molar-refractivity contribution is -0.333. The Morgan fingerprint density at radius 1 is 1.15 bits per heavy atom. The van der Waals surface area contributed by atoms with Gasteiger partial charge in [-0.25, -0.2) is 9.37 Å². The second-order valence-electron chi connectivity index (χ2n) is 9.33. The van der Waals surface area contributed by atoms with Gasteiger partial charge in [-0.15, -0.1) is 0 Å². The Kier molecular flexibility index (Phi) is 7.75.